The summed E-state index contributed by atoms with van der Waals surface area (Å²) in [5.74, 6) is 0.152. The normalized spacial score (nSPS) is 10.4. The van der Waals surface area contributed by atoms with Crippen LogP contribution in [0.4, 0.5) is 10.2 Å². The zero-order valence-electron chi connectivity index (χ0n) is 14.6. The molecule has 0 aliphatic rings. The summed E-state index contributed by atoms with van der Waals surface area (Å²) in [5.41, 5.74) is 2.52. The van der Waals surface area contributed by atoms with E-state index < -0.39 is 0 Å². The van der Waals surface area contributed by atoms with E-state index in [0.717, 1.165) is 11.1 Å². The van der Waals surface area contributed by atoms with Crippen LogP contribution in [0.5, 0.6) is 0 Å². The summed E-state index contributed by atoms with van der Waals surface area (Å²) in [6.07, 6.45) is 2.28. The highest BCUT2D eigenvalue weighted by Crippen LogP contribution is 2.12. The van der Waals surface area contributed by atoms with Crippen molar-refractivity contribution in [2.24, 2.45) is 0 Å². The van der Waals surface area contributed by atoms with Crippen LogP contribution in [0.15, 0.2) is 66.9 Å². The number of halogens is 2. The van der Waals surface area contributed by atoms with Gasteiger partial charge in [0.15, 0.2) is 0 Å². The number of amides is 1. The fraction of sp³-hybridized carbons (Fsp3) is 0.143. The first-order chi connectivity index (χ1) is 13.1. The smallest absolute Gasteiger partial charge is 0.251 e. The van der Waals surface area contributed by atoms with E-state index in [9.17, 15) is 9.18 Å². The third kappa shape index (κ3) is 5.79. The molecule has 0 aliphatic carbocycles. The number of hydrogen-bond acceptors (Lipinski definition) is 3. The van der Waals surface area contributed by atoms with E-state index in [1.807, 2.05) is 24.3 Å². The van der Waals surface area contributed by atoms with Gasteiger partial charge in [0.1, 0.15) is 11.6 Å². The molecular formula is C21H19ClFN3O. The molecule has 2 aromatic carbocycles. The van der Waals surface area contributed by atoms with Crippen molar-refractivity contribution in [3.8, 4) is 0 Å². The lowest BCUT2D eigenvalue weighted by Crippen LogP contribution is -2.25. The number of carbonyl (C=O) groups is 1. The van der Waals surface area contributed by atoms with E-state index in [1.54, 1.807) is 30.5 Å². The van der Waals surface area contributed by atoms with Crippen LogP contribution in [0, 0.1) is 5.82 Å². The van der Waals surface area contributed by atoms with Crippen molar-refractivity contribution in [1.29, 1.82) is 0 Å². The Morgan fingerprint density at radius 2 is 1.85 bits per heavy atom. The zero-order valence-corrected chi connectivity index (χ0v) is 15.3. The van der Waals surface area contributed by atoms with Crippen molar-refractivity contribution < 1.29 is 9.18 Å². The monoisotopic (exact) mass is 383 g/mol. The molecule has 0 radical (unpaired) electrons. The number of pyridine rings is 1. The highest BCUT2D eigenvalue weighted by Gasteiger charge is 2.07. The van der Waals surface area contributed by atoms with Crippen molar-refractivity contribution in [3.63, 3.8) is 0 Å². The first-order valence-electron chi connectivity index (χ1n) is 8.57. The number of anilines is 1. The van der Waals surface area contributed by atoms with Crippen LogP contribution in [0.2, 0.25) is 5.02 Å². The summed E-state index contributed by atoms with van der Waals surface area (Å²) in [7, 11) is 0. The molecule has 4 nitrogen and oxygen atoms in total. The van der Waals surface area contributed by atoms with E-state index in [2.05, 4.69) is 15.6 Å². The van der Waals surface area contributed by atoms with E-state index in [0.29, 0.717) is 35.9 Å². The first kappa shape index (κ1) is 18.9. The van der Waals surface area contributed by atoms with Crippen molar-refractivity contribution >= 4 is 23.3 Å². The average molecular weight is 384 g/mol. The lowest BCUT2D eigenvalue weighted by atomic mass is 10.1. The SMILES string of the molecule is O=C(NCCc1cccc(Cl)c1)c1ccnc(NCc2ccc(F)cc2)c1. The van der Waals surface area contributed by atoms with Gasteiger partial charge in [-0.25, -0.2) is 9.37 Å². The van der Waals surface area contributed by atoms with Gasteiger partial charge in [-0.15, -0.1) is 0 Å². The van der Waals surface area contributed by atoms with Gasteiger partial charge >= 0.3 is 0 Å². The molecule has 0 unspecified atom stereocenters. The highest BCUT2D eigenvalue weighted by atomic mass is 35.5. The van der Waals surface area contributed by atoms with Crippen LogP contribution >= 0.6 is 11.6 Å². The van der Waals surface area contributed by atoms with Crippen LogP contribution in [0.25, 0.3) is 0 Å². The van der Waals surface area contributed by atoms with Crippen LogP contribution < -0.4 is 10.6 Å². The van der Waals surface area contributed by atoms with Crippen LogP contribution in [0.1, 0.15) is 21.5 Å². The fourth-order valence-electron chi connectivity index (χ4n) is 2.58. The van der Waals surface area contributed by atoms with Gasteiger partial charge in [-0.2, -0.15) is 0 Å². The van der Waals surface area contributed by atoms with E-state index >= 15 is 0 Å². The molecule has 138 valence electrons. The van der Waals surface area contributed by atoms with Crippen molar-refractivity contribution in [1.82, 2.24) is 10.3 Å². The number of carbonyl (C=O) groups excluding carboxylic acids is 1. The number of rotatable bonds is 7. The van der Waals surface area contributed by atoms with Gasteiger partial charge in [-0.3, -0.25) is 4.79 Å². The first-order valence-corrected chi connectivity index (χ1v) is 8.95. The Hall–Kier alpha value is -2.92. The number of benzene rings is 2. The molecule has 0 fully saturated rings. The summed E-state index contributed by atoms with van der Waals surface area (Å²) < 4.78 is 12.9. The van der Waals surface area contributed by atoms with Gasteiger partial charge in [0.25, 0.3) is 5.91 Å². The number of hydrogen-bond donors (Lipinski definition) is 2. The van der Waals surface area contributed by atoms with Crippen LogP contribution in [0.3, 0.4) is 0 Å². The van der Waals surface area contributed by atoms with Crippen LogP contribution in [-0.2, 0) is 13.0 Å². The molecule has 3 aromatic rings. The summed E-state index contributed by atoms with van der Waals surface area (Å²) >= 11 is 5.96. The molecule has 0 bridgehead atoms. The summed E-state index contributed by atoms with van der Waals surface area (Å²) in [4.78, 5) is 16.5. The lowest BCUT2D eigenvalue weighted by molar-refractivity contribution is 0.0954. The molecule has 27 heavy (non-hydrogen) atoms. The maximum atomic E-state index is 12.9. The number of aromatic nitrogens is 1. The van der Waals surface area contributed by atoms with E-state index in [4.69, 9.17) is 11.6 Å². The van der Waals surface area contributed by atoms with E-state index in [1.165, 1.54) is 12.1 Å². The summed E-state index contributed by atoms with van der Waals surface area (Å²) in [6, 6.07) is 17.2. The lowest BCUT2D eigenvalue weighted by Gasteiger charge is -2.09. The molecule has 1 heterocycles. The molecular weight excluding hydrogens is 365 g/mol. The molecule has 2 N–H and O–H groups in total. The second-order valence-electron chi connectivity index (χ2n) is 6.05. The van der Waals surface area contributed by atoms with Crippen molar-refractivity contribution in [3.05, 3.63) is 94.4 Å². The molecule has 6 heteroatoms. The molecule has 3 rings (SSSR count). The van der Waals surface area contributed by atoms with Gasteiger partial charge in [0, 0.05) is 29.9 Å². The summed E-state index contributed by atoms with van der Waals surface area (Å²) in [5, 5.41) is 6.72. The zero-order chi connectivity index (χ0) is 19.1. The predicted molar refractivity (Wildman–Crippen MR) is 105 cm³/mol. The van der Waals surface area contributed by atoms with Gasteiger partial charge in [0.2, 0.25) is 0 Å². The van der Waals surface area contributed by atoms with Crippen molar-refractivity contribution in [2.75, 3.05) is 11.9 Å². The summed E-state index contributed by atoms with van der Waals surface area (Å²) in [6.45, 7) is 1.01. The Morgan fingerprint density at radius 1 is 1.04 bits per heavy atom. The Bertz CT molecular complexity index is 915. The predicted octanol–water partition coefficient (Wildman–Crippen LogP) is 4.46. The largest absolute Gasteiger partial charge is 0.366 e. The molecule has 0 atom stereocenters. The minimum atomic E-state index is -0.270. The maximum Gasteiger partial charge on any atom is 0.251 e. The third-order valence-corrected chi connectivity index (χ3v) is 4.23. The molecule has 0 saturated heterocycles. The third-order valence-electron chi connectivity index (χ3n) is 4.00. The second kappa shape index (κ2) is 9.14. The van der Waals surface area contributed by atoms with Gasteiger partial charge < -0.3 is 10.6 Å². The fourth-order valence-corrected chi connectivity index (χ4v) is 2.79. The average Bonchev–Trinajstić information content (AvgIpc) is 2.68. The number of nitrogens with one attached hydrogen (secondary N) is 2. The second-order valence-corrected chi connectivity index (χ2v) is 6.48. The highest BCUT2D eigenvalue weighted by molar-refractivity contribution is 6.30. The quantitative estimate of drug-likeness (QED) is 0.633. The molecule has 0 saturated carbocycles. The Labute approximate surface area is 162 Å². The Kier molecular flexibility index (Phi) is 6.39. The molecule has 1 aromatic heterocycles. The minimum absolute atomic E-state index is 0.163. The van der Waals surface area contributed by atoms with E-state index in [-0.39, 0.29) is 11.7 Å². The Morgan fingerprint density at radius 3 is 2.63 bits per heavy atom. The van der Waals surface area contributed by atoms with Crippen LogP contribution in [-0.4, -0.2) is 17.4 Å². The van der Waals surface area contributed by atoms with Gasteiger partial charge in [0.05, 0.1) is 0 Å². The topological polar surface area (TPSA) is 54.0 Å². The standard InChI is InChI=1S/C21H19ClFN3O/c22-18-3-1-2-15(12-18)8-10-25-21(27)17-9-11-24-20(13-17)26-14-16-4-6-19(23)7-5-16/h1-7,9,11-13H,8,10,14H2,(H,24,26)(H,25,27). The van der Waals surface area contributed by atoms with Gasteiger partial charge in [-0.1, -0.05) is 35.9 Å². The molecule has 1 amide bonds. The Balaban J connectivity index is 1.52. The number of nitrogens with zero attached hydrogens (tertiary/aromatic N) is 1. The maximum absolute atomic E-state index is 12.9. The van der Waals surface area contributed by atoms with Crippen molar-refractivity contribution in [2.45, 2.75) is 13.0 Å². The minimum Gasteiger partial charge on any atom is -0.366 e. The molecule has 0 aliphatic heterocycles. The van der Waals surface area contributed by atoms with Gasteiger partial charge in [-0.05, 0) is 53.9 Å². The molecule has 0 spiro atoms.